The lowest BCUT2D eigenvalue weighted by Crippen LogP contribution is -2.28. The molecule has 0 bridgehead atoms. The van der Waals surface area contributed by atoms with Crippen molar-refractivity contribution >= 4 is 0 Å². The number of nitrogens with one attached hydrogen (secondary N) is 1. The molecule has 0 aromatic heterocycles. The predicted molar refractivity (Wildman–Crippen MR) is 62.9 cm³/mol. The van der Waals surface area contributed by atoms with Gasteiger partial charge in [-0.05, 0) is 43.7 Å². The zero-order chi connectivity index (χ0) is 10.1. The van der Waals surface area contributed by atoms with Crippen LogP contribution in [0.25, 0.3) is 0 Å². The third kappa shape index (κ3) is 2.07. The van der Waals surface area contributed by atoms with Crippen molar-refractivity contribution in [2.45, 2.75) is 31.1 Å². The molecule has 0 amide bonds. The van der Waals surface area contributed by atoms with E-state index in [4.69, 9.17) is 0 Å². The van der Waals surface area contributed by atoms with E-state index in [0.717, 1.165) is 5.92 Å². The largest absolute Gasteiger partial charge is 0.316 e. The summed E-state index contributed by atoms with van der Waals surface area (Å²) in [6, 6.07) is 11.0. The molecular weight excluding hydrogens is 182 g/mol. The summed E-state index contributed by atoms with van der Waals surface area (Å²) in [6.07, 6.45) is 5.64. The molecule has 2 aliphatic rings. The van der Waals surface area contributed by atoms with Crippen LogP contribution in [-0.4, -0.2) is 13.1 Å². The Morgan fingerprint density at radius 1 is 1.13 bits per heavy atom. The molecule has 2 aliphatic carbocycles. The molecule has 0 heterocycles. The van der Waals surface area contributed by atoms with E-state index >= 15 is 0 Å². The SMILES string of the molecule is c1ccc(C2(CNCC3CC3)CC2)cc1. The van der Waals surface area contributed by atoms with Crippen molar-refractivity contribution in [1.29, 1.82) is 0 Å². The van der Waals surface area contributed by atoms with E-state index in [1.54, 1.807) is 0 Å². The summed E-state index contributed by atoms with van der Waals surface area (Å²) in [5, 5.41) is 3.65. The Labute approximate surface area is 91.9 Å². The van der Waals surface area contributed by atoms with Gasteiger partial charge in [-0.1, -0.05) is 30.3 Å². The van der Waals surface area contributed by atoms with Gasteiger partial charge >= 0.3 is 0 Å². The molecule has 0 atom stereocenters. The van der Waals surface area contributed by atoms with Crippen LogP contribution >= 0.6 is 0 Å². The molecule has 80 valence electrons. The van der Waals surface area contributed by atoms with Crippen LogP contribution in [0.5, 0.6) is 0 Å². The van der Waals surface area contributed by atoms with Crippen LogP contribution in [-0.2, 0) is 5.41 Å². The van der Waals surface area contributed by atoms with Crippen molar-refractivity contribution < 1.29 is 0 Å². The second-order valence-electron chi connectivity index (χ2n) is 5.22. The molecule has 1 heteroatoms. The van der Waals surface area contributed by atoms with Crippen molar-refractivity contribution in [2.24, 2.45) is 5.92 Å². The van der Waals surface area contributed by atoms with Gasteiger partial charge in [-0.3, -0.25) is 0 Å². The highest BCUT2D eigenvalue weighted by atomic mass is 14.9. The fourth-order valence-corrected chi connectivity index (χ4v) is 2.35. The fraction of sp³-hybridized carbons (Fsp3) is 0.571. The Balaban J connectivity index is 1.58. The molecule has 15 heavy (non-hydrogen) atoms. The van der Waals surface area contributed by atoms with Crippen molar-refractivity contribution in [3.63, 3.8) is 0 Å². The van der Waals surface area contributed by atoms with Gasteiger partial charge < -0.3 is 5.32 Å². The van der Waals surface area contributed by atoms with Gasteiger partial charge in [-0.2, -0.15) is 0 Å². The summed E-state index contributed by atoms with van der Waals surface area (Å²) in [4.78, 5) is 0. The first-order valence-corrected chi connectivity index (χ1v) is 6.15. The highest BCUT2D eigenvalue weighted by molar-refractivity contribution is 5.31. The second-order valence-corrected chi connectivity index (χ2v) is 5.22. The van der Waals surface area contributed by atoms with Crippen molar-refractivity contribution in [2.75, 3.05) is 13.1 Å². The molecule has 0 saturated heterocycles. The second kappa shape index (κ2) is 3.64. The Morgan fingerprint density at radius 3 is 2.47 bits per heavy atom. The summed E-state index contributed by atoms with van der Waals surface area (Å²) in [5.74, 6) is 0.997. The average Bonchev–Trinajstić information content (AvgIpc) is 3.14. The van der Waals surface area contributed by atoms with Gasteiger partial charge in [0.05, 0.1) is 0 Å². The molecule has 1 aromatic carbocycles. The van der Waals surface area contributed by atoms with E-state index in [0.29, 0.717) is 5.41 Å². The molecule has 0 spiro atoms. The minimum Gasteiger partial charge on any atom is -0.316 e. The molecule has 1 aromatic rings. The van der Waals surface area contributed by atoms with Crippen LogP contribution in [0.3, 0.4) is 0 Å². The van der Waals surface area contributed by atoms with Gasteiger partial charge in [0.25, 0.3) is 0 Å². The van der Waals surface area contributed by atoms with Crippen LogP contribution in [0, 0.1) is 5.92 Å². The number of hydrogen-bond acceptors (Lipinski definition) is 1. The minimum absolute atomic E-state index is 0.496. The van der Waals surface area contributed by atoms with Gasteiger partial charge in [0.15, 0.2) is 0 Å². The van der Waals surface area contributed by atoms with Gasteiger partial charge in [0.1, 0.15) is 0 Å². The highest BCUT2D eigenvalue weighted by Gasteiger charge is 2.43. The van der Waals surface area contributed by atoms with Gasteiger partial charge in [0, 0.05) is 12.0 Å². The van der Waals surface area contributed by atoms with E-state index in [-0.39, 0.29) is 0 Å². The number of hydrogen-bond donors (Lipinski definition) is 1. The molecule has 0 radical (unpaired) electrons. The van der Waals surface area contributed by atoms with Gasteiger partial charge in [-0.15, -0.1) is 0 Å². The smallest absolute Gasteiger partial charge is 0.00784 e. The molecule has 0 aliphatic heterocycles. The minimum atomic E-state index is 0.496. The molecule has 2 fully saturated rings. The maximum absolute atomic E-state index is 3.65. The number of rotatable bonds is 5. The monoisotopic (exact) mass is 201 g/mol. The van der Waals surface area contributed by atoms with Crippen LogP contribution in [0.2, 0.25) is 0 Å². The fourth-order valence-electron chi connectivity index (χ4n) is 2.35. The first-order chi connectivity index (χ1) is 7.39. The van der Waals surface area contributed by atoms with Crippen molar-refractivity contribution in [1.82, 2.24) is 5.32 Å². The summed E-state index contributed by atoms with van der Waals surface area (Å²) in [5.41, 5.74) is 2.03. The molecule has 0 unspecified atom stereocenters. The summed E-state index contributed by atoms with van der Waals surface area (Å²) in [7, 11) is 0. The topological polar surface area (TPSA) is 12.0 Å². The Bertz CT molecular complexity index is 322. The summed E-state index contributed by atoms with van der Waals surface area (Å²) >= 11 is 0. The van der Waals surface area contributed by atoms with Crippen LogP contribution in [0.4, 0.5) is 0 Å². The zero-order valence-electron chi connectivity index (χ0n) is 9.21. The Hall–Kier alpha value is -0.820. The van der Waals surface area contributed by atoms with E-state index in [2.05, 4.69) is 35.6 Å². The normalized spacial score (nSPS) is 22.7. The first kappa shape index (κ1) is 9.41. The Morgan fingerprint density at radius 2 is 1.87 bits per heavy atom. The van der Waals surface area contributed by atoms with E-state index in [1.165, 1.54) is 44.3 Å². The van der Waals surface area contributed by atoms with E-state index in [1.807, 2.05) is 0 Å². The molecule has 2 saturated carbocycles. The lowest BCUT2D eigenvalue weighted by molar-refractivity contribution is 0.555. The maximum atomic E-state index is 3.65. The van der Waals surface area contributed by atoms with E-state index in [9.17, 15) is 0 Å². The third-order valence-electron chi connectivity index (χ3n) is 3.83. The van der Waals surface area contributed by atoms with Crippen LogP contribution in [0.15, 0.2) is 30.3 Å². The lowest BCUT2D eigenvalue weighted by Gasteiger charge is -2.16. The quantitative estimate of drug-likeness (QED) is 0.772. The van der Waals surface area contributed by atoms with Crippen molar-refractivity contribution in [3.8, 4) is 0 Å². The summed E-state index contributed by atoms with van der Waals surface area (Å²) in [6.45, 7) is 2.43. The summed E-state index contributed by atoms with van der Waals surface area (Å²) < 4.78 is 0. The first-order valence-electron chi connectivity index (χ1n) is 6.15. The zero-order valence-corrected chi connectivity index (χ0v) is 9.21. The lowest BCUT2D eigenvalue weighted by atomic mass is 9.96. The molecule has 1 N–H and O–H groups in total. The Kier molecular flexibility index (Phi) is 2.28. The van der Waals surface area contributed by atoms with Gasteiger partial charge in [0.2, 0.25) is 0 Å². The van der Waals surface area contributed by atoms with Crippen molar-refractivity contribution in [3.05, 3.63) is 35.9 Å². The van der Waals surface area contributed by atoms with Gasteiger partial charge in [-0.25, -0.2) is 0 Å². The van der Waals surface area contributed by atoms with E-state index < -0.39 is 0 Å². The third-order valence-corrected chi connectivity index (χ3v) is 3.83. The average molecular weight is 201 g/mol. The maximum Gasteiger partial charge on any atom is 0.00784 e. The molecule has 1 nitrogen and oxygen atoms in total. The predicted octanol–water partition coefficient (Wildman–Crippen LogP) is 2.72. The molecule has 3 rings (SSSR count). The standard InChI is InChI=1S/C14H19N/c1-2-4-13(5-3-1)14(8-9-14)11-15-10-12-6-7-12/h1-5,12,15H,6-11H2. The highest BCUT2D eigenvalue weighted by Crippen LogP contribution is 2.47. The molecular formula is C14H19N. The number of benzene rings is 1. The van der Waals surface area contributed by atoms with Crippen LogP contribution < -0.4 is 5.32 Å². The van der Waals surface area contributed by atoms with Crippen LogP contribution in [0.1, 0.15) is 31.2 Å².